The van der Waals surface area contributed by atoms with Crippen molar-refractivity contribution in [2.24, 2.45) is 5.73 Å². The highest BCUT2D eigenvalue weighted by Crippen LogP contribution is 1.97. The van der Waals surface area contributed by atoms with Crippen molar-refractivity contribution in [3.8, 4) is 0 Å². The maximum Gasteiger partial charge on any atom is 0.250 e. The summed E-state index contributed by atoms with van der Waals surface area (Å²) in [5.41, 5.74) is 5.64. The van der Waals surface area contributed by atoms with Gasteiger partial charge in [-0.15, -0.1) is 0 Å². The largest absolute Gasteiger partial charge is 0.327 e. The van der Waals surface area contributed by atoms with E-state index in [2.05, 4.69) is 12.2 Å². The molecule has 0 aromatic carbocycles. The zero-order valence-corrected chi connectivity index (χ0v) is 7.52. The van der Waals surface area contributed by atoms with Crippen molar-refractivity contribution < 1.29 is 8.78 Å². The average molecular weight is 180 g/mol. The van der Waals surface area contributed by atoms with E-state index in [-0.39, 0.29) is 12.6 Å². The van der Waals surface area contributed by atoms with E-state index in [0.29, 0.717) is 6.54 Å². The molecule has 12 heavy (non-hydrogen) atoms. The molecule has 0 rings (SSSR count). The smallest absolute Gasteiger partial charge is 0.250 e. The van der Waals surface area contributed by atoms with Gasteiger partial charge in [0.15, 0.2) is 0 Å². The van der Waals surface area contributed by atoms with Crippen LogP contribution in [0.3, 0.4) is 0 Å². The maximum absolute atomic E-state index is 11.6. The van der Waals surface area contributed by atoms with E-state index in [0.717, 1.165) is 19.3 Å². The van der Waals surface area contributed by atoms with Gasteiger partial charge in [0.2, 0.25) is 0 Å². The second-order valence-electron chi connectivity index (χ2n) is 2.95. The first-order chi connectivity index (χ1) is 5.66. The van der Waals surface area contributed by atoms with Crippen LogP contribution in [0.25, 0.3) is 0 Å². The van der Waals surface area contributed by atoms with Crippen molar-refractivity contribution in [2.75, 3.05) is 13.1 Å². The number of hydrogen-bond donors (Lipinski definition) is 2. The molecule has 4 heteroatoms. The number of nitrogens with one attached hydrogen (secondary N) is 1. The number of unbranched alkanes of at least 4 members (excludes halogenated alkanes) is 1. The molecule has 0 spiro atoms. The van der Waals surface area contributed by atoms with Crippen LogP contribution in [0.1, 0.15) is 26.2 Å². The molecule has 0 fully saturated rings. The molecule has 0 bridgehead atoms. The summed E-state index contributed by atoms with van der Waals surface area (Å²) < 4.78 is 23.3. The lowest BCUT2D eigenvalue weighted by Gasteiger charge is -2.11. The minimum absolute atomic E-state index is 0.0173. The van der Waals surface area contributed by atoms with Crippen molar-refractivity contribution in [1.82, 2.24) is 5.32 Å². The molecule has 0 aromatic rings. The van der Waals surface area contributed by atoms with Gasteiger partial charge in [0, 0.05) is 12.6 Å². The fourth-order valence-corrected chi connectivity index (χ4v) is 0.946. The summed E-state index contributed by atoms with van der Waals surface area (Å²) >= 11 is 0. The Bertz CT molecular complexity index is 99.1. The van der Waals surface area contributed by atoms with Crippen LogP contribution >= 0.6 is 0 Å². The lowest BCUT2D eigenvalue weighted by molar-refractivity contribution is 0.145. The first kappa shape index (κ1) is 11.8. The quantitative estimate of drug-likeness (QED) is 0.620. The molecular formula is C8H18F2N2. The third kappa shape index (κ3) is 7.88. The highest BCUT2D eigenvalue weighted by atomic mass is 19.3. The Morgan fingerprint density at radius 3 is 2.50 bits per heavy atom. The van der Waals surface area contributed by atoms with Gasteiger partial charge in [-0.05, 0) is 6.42 Å². The number of nitrogens with two attached hydrogens (primary N) is 1. The Labute approximate surface area is 72.5 Å². The van der Waals surface area contributed by atoms with Crippen molar-refractivity contribution >= 4 is 0 Å². The number of alkyl halides is 2. The van der Waals surface area contributed by atoms with Crippen LogP contribution in [0.5, 0.6) is 0 Å². The van der Waals surface area contributed by atoms with Crippen LogP contribution in [-0.2, 0) is 0 Å². The Hall–Kier alpha value is -0.220. The van der Waals surface area contributed by atoms with Gasteiger partial charge in [-0.1, -0.05) is 19.8 Å². The summed E-state index contributed by atoms with van der Waals surface area (Å²) in [6.45, 7) is 2.32. The Morgan fingerprint density at radius 1 is 1.33 bits per heavy atom. The molecule has 3 N–H and O–H groups in total. The lowest BCUT2D eigenvalue weighted by Crippen LogP contribution is -2.35. The molecule has 0 heterocycles. The highest BCUT2D eigenvalue weighted by molar-refractivity contribution is 4.64. The molecule has 74 valence electrons. The van der Waals surface area contributed by atoms with E-state index in [1.807, 2.05) is 0 Å². The lowest BCUT2D eigenvalue weighted by atomic mass is 10.1. The predicted molar refractivity (Wildman–Crippen MR) is 46.4 cm³/mol. The molecule has 1 unspecified atom stereocenters. The van der Waals surface area contributed by atoms with Crippen LogP contribution in [0, 0.1) is 0 Å². The minimum atomic E-state index is -2.27. The molecule has 0 aliphatic carbocycles. The van der Waals surface area contributed by atoms with Gasteiger partial charge in [-0.2, -0.15) is 0 Å². The second-order valence-corrected chi connectivity index (χ2v) is 2.95. The molecular weight excluding hydrogens is 162 g/mol. The topological polar surface area (TPSA) is 38.0 Å². The standard InChI is InChI=1S/C8H18F2N2/c1-2-3-4-7(11)5-12-6-8(9)10/h7-8,12H,2-6,11H2,1H3. The molecule has 2 nitrogen and oxygen atoms in total. The third-order valence-electron chi connectivity index (χ3n) is 1.63. The van der Waals surface area contributed by atoms with E-state index in [1.165, 1.54) is 0 Å². The van der Waals surface area contributed by atoms with Gasteiger partial charge in [0.05, 0.1) is 6.54 Å². The van der Waals surface area contributed by atoms with Gasteiger partial charge >= 0.3 is 0 Å². The molecule has 0 saturated carbocycles. The van der Waals surface area contributed by atoms with Crippen molar-refractivity contribution in [3.05, 3.63) is 0 Å². The summed E-state index contributed by atoms with van der Waals surface area (Å²) in [5.74, 6) is 0. The molecule has 0 radical (unpaired) electrons. The SMILES string of the molecule is CCCCC(N)CNCC(F)F. The highest BCUT2D eigenvalue weighted by Gasteiger charge is 2.04. The number of halogens is 2. The zero-order valence-electron chi connectivity index (χ0n) is 7.52. The van der Waals surface area contributed by atoms with Crippen LogP contribution < -0.4 is 11.1 Å². The van der Waals surface area contributed by atoms with Crippen LogP contribution in [0.2, 0.25) is 0 Å². The molecule has 0 aliphatic rings. The van der Waals surface area contributed by atoms with Crippen LogP contribution in [0.4, 0.5) is 8.78 Å². The van der Waals surface area contributed by atoms with Crippen LogP contribution in [0.15, 0.2) is 0 Å². The summed E-state index contributed by atoms with van der Waals surface area (Å²) in [6, 6.07) is 0.0173. The fraction of sp³-hybridized carbons (Fsp3) is 1.00. The minimum Gasteiger partial charge on any atom is -0.327 e. The van der Waals surface area contributed by atoms with Crippen molar-refractivity contribution in [2.45, 2.75) is 38.7 Å². The second kappa shape index (κ2) is 7.43. The molecule has 0 aromatic heterocycles. The van der Waals surface area contributed by atoms with Crippen LogP contribution in [-0.4, -0.2) is 25.6 Å². The van der Waals surface area contributed by atoms with Gasteiger partial charge in [0.25, 0.3) is 6.43 Å². The van der Waals surface area contributed by atoms with E-state index in [1.54, 1.807) is 0 Å². The van der Waals surface area contributed by atoms with Gasteiger partial charge < -0.3 is 11.1 Å². The van der Waals surface area contributed by atoms with E-state index in [4.69, 9.17) is 5.73 Å². The molecule has 0 saturated heterocycles. The molecule has 0 aliphatic heterocycles. The normalized spacial score (nSPS) is 13.8. The first-order valence-corrected chi connectivity index (χ1v) is 4.41. The summed E-state index contributed by atoms with van der Waals surface area (Å²) in [7, 11) is 0. The van der Waals surface area contributed by atoms with E-state index < -0.39 is 6.43 Å². The van der Waals surface area contributed by atoms with E-state index in [9.17, 15) is 8.78 Å². The fourth-order valence-electron chi connectivity index (χ4n) is 0.946. The summed E-state index contributed by atoms with van der Waals surface area (Å²) in [6.07, 6.45) is 0.802. The molecule has 0 amide bonds. The van der Waals surface area contributed by atoms with E-state index >= 15 is 0 Å². The maximum atomic E-state index is 11.6. The van der Waals surface area contributed by atoms with Crippen molar-refractivity contribution in [1.29, 1.82) is 0 Å². The number of hydrogen-bond acceptors (Lipinski definition) is 2. The average Bonchev–Trinajstić information content (AvgIpc) is 2.00. The predicted octanol–water partition coefficient (Wildman–Crippen LogP) is 1.36. The molecule has 1 atom stereocenters. The van der Waals surface area contributed by atoms with Gasteiger partial charge in [0.1, 0.15) is 0 Å². The number of rotatable bonds is 7. The summed E-state index contributed by atoms with van der Waals surface area (Å²) in [5, 5.41) is 2.62. The summed E-state index contributed by atoms with van der Waals surface area (Å²) in [4.78, 5) is 0. The first-order valence-electron chi connectivity index (χ1n) is 4.41. The van der Waals surface area contributed by atoms with Gasteiger partial charge in [-0.25, -0.2) is 8.78 Å². The third-order valence-corrected chi connectivity index (χ3v) is 1.63. The Morgan fingerprint density at radius 2 is 2.00 bits per heavy atom. The zero-order chi connectivity index (χ0) is 9.40. The monoisotopic (exact) mass is 180 g/mol. The Kier molecular flexibility index (Phi) is 7.29. The Balaban J connectivity index is 3.13. The van der Waals surface area contributed by atoms with Crippen molar-refractivity contribution in [3.63, 3.8) is 0 Å². The van der Waals surface area contributed by atoms with Gasteiger partial charge in [-0.3, -0.25) is 0 Å².